The molecular weight excluding hydrogens is 1460 g/mol. The van der Waals surface area contributed by atoms with E-state index >= 15 is 0 Å². The van der Waals surface area contributed by atoms with Crippen LogP contribution in [0.4, 0.5) is 0 Å². The molecule has 0 aromatic carbocycles. The van der Waals surface area contributed by atoms with Gasteiger partial charge in [0.1, 0.15) is 25.4 Å². The van der Waals surface area contributed by atoms with E-state index in [0.717, 1.165) is 186 Å². The van der Waals surface area contributed by atoms with Crippen molar-refractivity contribution < 1.29 is 75.8 Å². The van der Waals surface area contributed by atoms with Gasteiger partial charge in [-0.1, -0.05) is 345 Å². The molecule has 0 bridgehead atoms. The number of phosphoric ester groups is 2. The lowest BCUT2D eigenvalue weighted by molar-refractivity contribution is -0.161. The number of carbonyl (C=O) groups is 3. The van der Waals surface area contributed by atoms with Gasteiger partial charge in [0.25, 0.3) is 0 Å². The molecule has 4 N–H and O–H groups in total. The highest BCUT2D eigenvalue weighted by Crippen LogP contribution is 2.45. The Morgan fingerprint density at radius 3 is 0.743 bits per heavy atom. The fourth-order valence-electron chi connectivity index (χ4n) is 11.7. The van der Waals surface area contributed by atoms with Gasteiger partial charge in [-0.3, -0.25) is 32.5 Å². The van der Waals surface area contributed by atoms with Gasteiger partial charge < -0.3 is 34.2 Å². The molecule has 0 heterocycles. The molecule has 0 fully saturated rings. The largest absolute Gasteiger partial charge is 0.472 e. The first-order valence-electron chi connectivity index (χ1n) is 44.4. The van der Waals surface area contributed by atoms with Gasteiger partial charge in [-0.15, -0.1) is 0 Å². The minimum Gasteiger partial charge on any atom is -0.463 e. The molecule has 0 spiro atoms. The van der Waals surface area contributed by atoms with Gasteiger partial charge in [-0.05, 0) is 161 Å². The van der Waals surface area contributed by atoms with Crippen LogP contribution in [0, 0.1) is 0 Å². The summed E-state index contributed by atoms with van der Waals surface area (Å²) in [5.74, 6) is -1.60. The van der Waals surface area contributed by atoms with Crippen LogP contribution in [0.1, 0.15) is 355 Å². The SMILES string of the molecule is CC/C=C\C/C=C\C/C=C\C/C=C\C/C=C\C/C=C\CCCCCCCCC(=O)OCC(COP(=O)(O)OCC(O)COP(=O)(O)OCC(O)COC(=O)CCCCCCCCCCCCCCC/C=C\C/C=C\C/C=C\C/C=C\CCCCC)OC(=O)CCCCCCCCC/C=C\C/C=C\C/C=C\C/C=C\CCCCC. The van der Waals surface area contributed by atoms with Crippen LogP contribution >= 0.6 is 15.6 Å². The molecule has 113 heavy (non-hydrogen) atoms. The predicted molar refractivity (Wildman–Crippen MR) is 472 cm³/mol. The molecule has 0 aliphatic carbocycles. The van der Waals surface area contributed by atoms with Crippen molar-refractivity contribution >= 4 is 33.6 Å². The topological polar surface area (TPSA) is 231 Å². The number of aliphatic hydroxyl groups excluding tert-OH is 2. The third-order valence-corrected chi connectivity index (χ3v) is 20.3. The first-order valence-corrected chi connectivity index (χ1v) is 47.4. The van der Waals surface area contributed by atoms with E-state index in [2.05, 4.69) is 191 Å². The lowest BCUT2D eigenvalue weighted by atomic mass is 10.0. The molecule has 16 nitrogen and oxygen atoms in total. The Balaban J connectivity index is 4.67. The molecule has 0 aromatic rings. The van der Waals surface area contributed by atoms with E-state index in [-0.39, 0.29) is 19.3 Å². The zero-order chi connectivity index (χ0) is 82.2. The van der Waals surface area contributed by atoms with E-state index < -0.39 is 91.5 Å². The second-order valence-electron chi connectivity index (χ2n) is 29.3. The number of carbonyl (C=O) groups excluding carboxylic acids is 3. The maximum atomic E-state index is 13.1. The van der Waals surface area contributed by atoms with Gasteiger partial charge in [0.15, 0.2) is 6.10 Å². The highest BCUT2D eigenvalue weighted by molar-refractivity contribution is 7.47. The lowest BCUT2D eigenvalue weighted by Crippen LogP contribution is -2.30. The summed E-state index contributed by atoms with van der Waals surface area (Å²) >= 11 is 0. The molecule has 0 rings (SSSR count). The number of ether oxygens (including phenoxy) is 3. The van der Waals surface area contributed by atoms with Crippen LogP contribution in [0.2, 0.25) is 0 Å². The van der Waals surface area contributed by atoms with Crippen molar-refractivity contribution in [3.8, 4) is 0 Å². The van der Waals surface area contributed by atoms with E-state index in [1.54, 1.807) is 0 Å². The van der Waals surface area contributed by atoms with E-state index in [0.29, 0.717) is 19.3 Å². The fraction of sp³-hybridized carbons (Fsp3) is 0.674. The zero-order valence-corrected chi connectivity index (χ0v) is 72.8. The zero-order valence-electron chi connectivity index (χ0n) is 71.0. The van der Waals surface area contributed by atoms with Gasteiger partial charge in [0.2, 0.25) is 0 Å². The van der Waals surface area contributed by atoms with Crippen LogP contribution in [-0.4, -0.2) is 95.9 Å². The van der Waals surface area contributed by atoms with Crippen molar-refractivity contribution in [1.29, 1.82) is 0 Å². The van der Waals surface area contributed by atoms with Crippen molar-refractivity contribution in [3.05, 3.63) is 170 Å². The van der Waals surface area contributed by atoms with Crippen LogP contribution in [0.15, 0.2) is 170 Å². The van der Waals surface area contributed by atoms with Crippen molar-refractivity contribution in [1.82, 2.24) is 0 Å². The Labute approximate surface area is 688 Å². The van der Waals surface area contributed by atoms with Gasteiger partial charge >= 0.3 is 33.6 Å². The molecule has 18 heteroatoms. The van der Waals surface area contributed by atoms with Gasteiger partial charge in [-0.2, -0.15) is 0 Å². The number of phosphoric acid groups is 2. The maximum Gasteiger partial charge on any atom is 0.472 e. The number of esters is 3. The Hall–Kier alpha value is -5.09. The number of allylic oxidation sites excluding steroid dienone is 28. The third-order valence-electron chi connectivity index (χ3n) is 18.4. The third kappa shape index (κ3) is 87.6. The summed E-state index contributed by atoms with van der Waals surface area (Å²) in [6, 6.07) is 0. The van der Waals surface area contributed by atoms with Crippen LogP contribution in [-0.2, 0) is 55.8 Å². The molecule has 0 aromatic heterocycles. The lowest BCUT2D eigenvalue weighted by Gasteiger charge is -2.21. The number of hydrogen-bond donors (Lipinski definition) is 4. The normalized spacial score (nSPS) is 14.6. The van der Waals surface area contributed by atoms with Crippen LogP contribution in [0.5, 0.6) is 0 Å². The Bertz CT molecular complexity index is 2730. The predicted octanol–water partition coefficient (Wildman–Crippen LogP) is 27.1. The summed E-state index contributed by atoms with van der Waals surface area (Å²) < 4.78 is 61.4. The number of hydrogen-bond acceptors (Lipinski definition) is 14. The smallest absolute Gasteiger partial charge is 0.463 e. The van der Waals surface area contributed by atoms with Gasteiger partial charge in [0, 0.05) is 19.3 Å². The molecule has 0 radical (unpaired) electrons. The van der Waals surface area contributed by atoms with Crippen molar-refractivity contribution in [3.63, 3.8) is 0 Å². The minimum atomic E-state index is -4.95. The second kappa shape index (κ2) is 86.3. The van der Waals surface area contributed by atoms with E-state index in [1.807, 2.05) is 0 Å². The molecule has 646 valence electrons. The van der Waals surface area contributed by atoms with Crippen molar-refractivity contribution in [2.45, 2.75) is 373 Å². The molecule has 5 atom stereocenters. The number of aliphatic hydroxyl groups is 2. The van der Waals surface area contributed by atoms with Crippen molar-refractivity contribution in [2.24, 2.45) is 0 Å². The average Bonchev–Trinajstić information content (AvgIpc) is 0.901. The standard InChI is InChI=1S/C95H160O16P2/c1-4-7-10-13-16-19-22-25-28-31-34-37-40-42-43-44-45-47-50-51-54-57-60-63-66-69-72-75-78-81-93(98)105-84-90(96)85-107-112(101,102)108-86-91(97)87-109-113(103,104)110-89-92(111-95(100)83-80-77-74-71-68-65-62-59-56-53-48-39-36-33-30-27-24-21-18-15-12-9-6-3)88-106-94(99)82-79-76-73-70-67-64-61-58-55-52-49-46-41-38-35-32-29-26-23-20-17-14-11-8-5-2/h8,11,16-21,25-30,34-39,42-43,46,49,53,55-56,58,90-92,96-97H,4-7,9-10,12-15,22-24,31-33,40-41,44-45,47-48,50-52,54,57,59-89H2,1-3H3,(H,101,102)(H,103,104)/b11-8-,19-16-,20-17-,21-18-,28-25-,29-26-,30-27-,37-34-,38-35-,39-36-,43-42-,49-46-,56-53-,58-55-. The summed E-state index contributed by atoms with van der Waals surface area (Å²) in [4.78, 5) is 59.0. The van der Waals surface area contributed by atoms with E-state index in [4.69, 9.17) is 32.3 Å². The Morgan fingerprint density at radius 1 is 0.257 bits per heavy atom. The monoisotopic (exact) mass is 1620 g/mol. The fourth-order valence-corrected chi connectivity index (χ4v) is 13.2. The molecule has 0 aliphatic heterocycles. The van der Waals surface area contributed by atoms with Crippen LogP contribution in [0.3, 0.4) is 0 Å². The summed E-state index contributed by atoms with van der Waals surface area (Å²) in [7, 11) is -9.82. The highest BCUT2D eigenvalue weighted by Gasteiger charge is 2.29. The van der Waals surface area contributed by atoms with E-state index in [1.165, 1.54) is 109 Å². The molecule has 0 aliphatic rings. The van der Waals surface area contributed by atoms with E-state index in [9.17, 15) is 43.5 Å². The van der Waals surface area contributed by atoms with Gasteiger partial charge in [-0.25, -0.2) is 9.13 Å². The first kappa shape index (κ1) is 108. The summed E-state index contributed by atoms with van der Waals surface area (Å²) in [6.45, 7) is 2.51. The highest BCUT2D eigenvalue weighted by atomic mass is 31.2. The molecule has 5 unspecified atom stereocenters. The quantitative estimate of drug-likeness (QED) is 0.0146. The Morgan fingerprint density at radius 2 is 0.469 bits per heavy atom. The molecule has 0 saturated heterocycles. The molecule has 0 amide bonds. The number of unbranched alkanes of at least 4 members (excludes halogenated alkanes) is 32. The Kier molecular flexibility index (Phi) is 82.4. The summed E-state index contributed by atoms with van der Waals surface area (Å²) in [5, 5.41) is 20.7. The van der Waals surface area contributed by atoms with Crippen LogP contribution in [0.25, 0.3) is 0 Å². The summed E-state index contributed by atoms with van der Waals surface area (Å²) in [5.41, 5.74) is 0. The summed E-state index contributed by atoms with van der Waals surface area (Å²) in [6.07, 6.45) is 111. The molecule has 0 saturated carbocycles. The van der Waals surface area contributed by atoms with Crippen molar-refractivity contribution in [2.75, 3.05) is 39.6 Å². The van der Waals surface area contributed by atoms with Crippen LogP contribution < -0.4 is 0 Å². The number of rotatable bonds is 83. The molecular formula is C95H160O16P2. The average molecular weight is 1620 g/mol. The minimum absolute atomic E-state index is 0.0828. The first-order chi connectivity index (χ1) is 55.2. The van der Waals surface area contributed by atoms with Gasteiger partial charge in [0.05, 0.1) is 26.4 Å². The second-order valence-corrected chi connectivity index (χ2v) is 32.2. The maximum absolute atomic E-state index is 13.1.